The maximum Gasteiger partial charge on any atom is 0.331 e. The first-order valence-corrected chi connectivity index (χ1v) is 12.8. The van der Waals surface area contributed by atoms with Gasteiger partial charge in [0.1, 0.15) is 6.61 Å². The molecule has 172 valence electrons. The van der Waals surface area contributed by atoms with Crippen molar-refractivity contribution in [2.75, 3.05) is 4.72 Å². The lowest BCUT2D eigenvalue weighted by Gasteiger charge is -2.09. The van der Waals surface area contributed by atoms with Crippen molar-refractivity contribution >= 4 is 49.4 Å². The van der Waals surface area contributed by atoms with Crippen LogP contribution in [-0.2, 0) is 36.2 Å². The Bertz CT molecular complexity index is 1390. The number of esters is 1. The summed E-state index contributed by atoms with van der Waals surface area (Å²) in [6.45, 7) is 0.0931. The molecule has 0 fully saturated rings. The van der Waals surface area contributed by atoms with E-state index in [9.17, 15) is 21.6 Å². The van der Waals surface area contributed by atoms with Crippen LogP contribution in [0.3, 0.4) is 0 Å². The third-order valence-electron chi connectivity index (χ3n) is 4.31. The molecule has 3 rings (SSSR count). The number of hydrogen-bond donors (Lipinski definition) is 2. The molecule has 0 atom stereocenters. The van der Waals surface area contributed by atoms with Crippen molar-refractivity contribution in [1.82, 2.24) is 0 Å². The van der Waals surface area contributed by atoms with Crippen molar-refractivity contribution in [3.8, 4) is 0 Å². The Labute approximate surface area is 196 Å². The summed E-state index contributed by atoms with van der Waals surface area (Å²) in [7, 11) is -7.95. The largest absolute Gasteiger partial charge is 0.458 e. The van der Waals surface area contributed by atoms with Gasteiger partial charge >= 0.3 is 5.97 Å². The second-order valence-electron chi connectivity index (χ2n) is 6.81. The number of sulfonamides is 2. The van der Waals surface area contributed by atoms with Crippen molar-refractivity contribution in [2.24, 2.45) is 5.14 Å². The standard InChI is InChI=1S/C22H19ClN2O6S2/c23-18-9-4-17(5-10-18)15-31-22(26)13-8-16-6-11-20(12-7-16)33(29,30)25-19-2-1-3-21(14-19)32(24,27)28/h1-14,25H,15H2,(H2,24,27,28). The van der Waals surface area contributed by atoms with Gasteiger partial charge in [0.2, 0.25) is 10.0 Å². The van der Waals surface area contributed by atoms with Crippen LogP contribution in [-0.4, -0.2) is 22.8 Å². The maximum absolute atomic E-state index is 12.6. The number of ether oxygens (including phenoxy) is 1. The van der Waals surface area contributed by atoms with E-state index in [2.05, 4.69) is 4.72 Å². The molecule has 11 heteroatoms. The molecule has 0 aromatic heterocycles. The summed E-state index contributed by atoms with van der Waals surface area (Å²) in [5.41, 5.74) is 1.42. The maximum atomic E-state index is 12.6. The lowest BCUT2D eigenvalue weighted by Crippen LogP contribution is -2.15. The molecule has 0 heterocycles. The van der Waals surface area contributed by atoms with E-state index in [0.717, 1.165) is 11.6 Å². The summed E-state index contributed by atoms with van der Waals surface area (Å²) >= 11 is 5.81. The number of carbonyl (C=O) groups excluding carboxylic acids is 1. The van der Waals surface area contributed by atoms with Gasteiger partial charge in [0, 0.05) is 11.1 Å². The van der Waals surface area contributed by atoms with Crippen LogP contribution in [0.5, 0.6) is 0 Å². The van der Waals surface area contributed by atoms with E-state index in [-0.39, 0.29) is 22.1 Å². The van der Waals surface area contributed by atoms with Crippen molar-refractivity contribution < 1.29 is 26.4 Å². The molecule has 8 nitrogen and oxygen atoms in total. The molecular formula is C22H19ClN2O6S2. The molecule has 0 unspecified atom stereocenters. The highest BCUT2D eigenvalue weighted by atomic mass is 35.5. The monoisotopic (exact) mass is 506 g/mol. The van der Waals surface area contributed by atoms with Crippen LogP contribution in [0.25, 0.3) is 6.08 Å². The molecule has 0 aliphatic heterocycles. The second kappa shape index (κ2) is 10.2. The number of benzene rings is 3. The molecule has 0 aliphatic carbocycles. The smallest absolute Gasteiger partial charge is 0.331 e. The highest BCUT2D eigenvalue weighted by molar-refractivity contribution is 7.92. The Balaban J connectivity index is 1.62. The molecule has 3 aromatic rings. The van der Waals surface area contributed by atoms with Gasteiger partial charge in [-0.3, -0.25) is 4.72 Å². The Morgan fingerprint density at radius 3 is 2.24 bits per heavy atom. The molecule has 0 saturated carbocycles. The topological polar surface area (TPSA) is 133 Å². The molecule has 0 spiro atoms. The molecule has 0 saturated heterocycles. The Kier molecular flexibility index (Phi) is 7.54. The lowest BCUT2D eigenvalue weighted by atomic mass is 10.2. The predicted octanol–water partition coefficient (Wildman–Crippen LogP) is 3.54. The summed E-state index contributed by atoms with van der Waals surface area (Å²) in [6.07, 6.45) is 2.72. The minimum Gasteiger partial charge on any atom is -0.458 e. The number of anilines is 1. The van der Waals surface area contributed by atoms with E-state index in [4.69, 9.17) is 21.5 Å². The fourth-order valence-electron chi connectivity index (χ4n) is 2.66. The Hall–Kier alpha value is -3.18. The van der Waals surface area contributed by atoms with Crippen LogP contribution in [0.15, 0.2) is 88.7 Å². The Morgan fingerprint density at radius 1 is 0.939 bits per heavy atom. The first kappa shape index (κ1) is 24.5. The summed E-state index contributed by atoms with van der Waals surface area (Å²) in [6, 6.07) is 17.8. The van der Waals surface area contributed by atoms with Gasteiger partial charge in [0.15, 0.2) is 0 Å². The number of rotatable bonds is 8. The van der Waals surface area contributed by atoms with E-state index < -0.39 is 26.0 Å². The van der Waals surface area contributed by atoms with Gasteiger partial charge in [0.05, 0.1) is 15.5 Å². The zero-order valence-electron chi connectivity index (χ0n) is 17.0. The molecular weight excluding hydrogens is 488 g/mol. The van der Waals surface area contributed by atoms with E-state index in [1.165, 1.54) is 54.6 Å². The summed E-state index contributed by atoms with van der Waals surface area (Å²) in [5.74, 6) is -0.557. The Morgan fingerprint density at radius 2 is 1.61 bits per heavy atom. The van der Waals surface area contributed by atoms with Crippen molar-refractivity contribution in [3.05, 3.63) is 95.0 Å². The lowest BCUT2D eigenvalue weighted by molar-refractivity contribution is -0.138. The third kappa shape index (κ3) is 7.16. The number of primary sulfonamides is 1. The fraction of sp³-hybridized carbons (Fsp3) is 0.0455. The first-order valence-electron chi connectivity index (χ1n) is 9.38. The van der Waals surface area contributed by atoms with Crippen molar-refractivity contribution in [1.29, 1.82) is 0 Å². The predicted molar refractivity (Wildman–Crippen MR) is 125 cm³/mol. The molecule has 0 bridgehead atoms. The first-order chi connectivity index (χ1) is 15.5. The van der Waals surface area contributed by atoms with Crippen molar-refractivity contribution in [2.45, 2.75) is 16.4 Å². The van der Waals surface area contributed by atoms with Gasteiger partial charge in [-0.05, 0) is 59.7 Å². The van der Waals surface area contributed by atoms with Crippen LogP contribution in [0.2, 0.25) is 5.02 Å². The van der Waals surface area contributed by atoms with E-state index >= 15 is 0 Å². The van der Waals surface area contributed by atoms with Crippen LogP contribution < -0.4 is 9.86 Å². The van der Waals surface area contributed by atoms with Gasteiger partial charge in [-0.25, -0.2) is 26.8 Å². The minimum absolute atomic E-state index is 0.0499. The van der Waals surface area contributed by atoms with Crippen LogP contribution in [0, 0.1) is 0 Å². The average molecular weight is 507 g/mol. The number of nitrogens with two attached hydrogens (primary N) is 1. The van der Waals surface area contributed by atoms with Gasteiger partial charge < -0.3 is 4.74 Å². The highest BCUT2D eigenvalue weighted by Gasteiger charge is 2.15. The van der Waals surface area contributed by atoms with E-state index in [0.29, 0.717) is 10.6 Å². The average Bonchev–Trinajstić information content (AvgIpc) is 2.77. The highest BCUT2D eigenvalue weighted by Crippen LogP contribution is 2.20. The third-order valence-corrected chi connectivity index (χ3v) is 6.87. The molecule has 0 aliphatic rings. The van der Waals surface area contributed by atoms with Crippen LogP contribution >= 0.6 is 11.6 Å². The molecule has 0 radical (unpaired) electrons. The summed E-state index contributed by atoms with van der Waals surface area (Å²) < 4.78 is 55.5. The number of nitrogens with one attached hydrogen (secondary N) is 1. The van der Waals surface area contributed by atoms with Gasteiger partial charge in [-0.15, -0.1) is 0 Å². The summed E-state index contributed by atoms with van der Waals surface area (Å²) in [5, 5.41) is 5.66. The minimum atomic E-state index is -3.98. The van der Waals surface area contributed by atoms with Crippen LogP contribution in [0.1, 0.15) is 11.1 Å². The van der Waals surface area contributed by atoms with Gasteiger partial charge in [-0.1, -0.05) is 41.9 Å². The zero-order chi connectivity index (χ0) is 24.1. The second-order valence-corrected chi connectivity index (χ2v) is 10.5. The fourth-order valence-corrected chi connectivity index (χ4v) is 4.39. The number of hydrogen-bond acceptors (Lipinski definition) is 6. The van der Waals surface area contributed by atoms with Gasteiger partial charge in [-0.2, -0.15) is 0 Å². The number of carbonyl (C=O) groups is 1. The quantitative estimate of drug-likeness (QED) is 0.354. The normalized spacial score (nSPS) is 11.9. The molecule has 3 aromatic carbocycles. The van der Waals surface area contributed by atoms with Crippen LogP contribution in [0.4, 0.5) is 5.69 Å². The van der Waals surface area contributed by atoms with E-state index in [1.807, 2.05) is 0 Å². The van der Waals surface area contributed by atoms with Crippen molar-refractivity contribution in [3.63, 3.8) is 0 Å². The number of halogens is 1. The molecule has 0 amide bonds. The van der Waals surface area contributed by atoms with Gasteiger partial charge in [0.25, 0.3) is 10.0 Å². The SMILES string of the molecule is NS(=O)(=O)c1cccc(NS(=O)(=O)c2ccc(C=CC(=O)OCc3ccc(Cl)cc3)cc2)c1. The zero-order valence-corrected chi connectivity index (χ0v) is 19.4. The molecule has 3 N–H and O–H groups in total. The summed E-state index contributed by atoms with van der Waals surface area (Å²) in [4.78, 5) is 11.6. The van der Waals surface area contributed by atoms with E-state index in [1.54, 1.807) is 24.3 Å². The molecule has 33 heavy (non-hydrogen) atoms.